The number of aliphatic carboxylic acids is 1. The van der Waals surface area contributed by atoms with Crippen molar-refractivity contribution in [2.75, 3.05) is 47.9 Å². The van der Waals surface area contributed by atoms with Gasteiger partial charge in [-0.2, -0.15) is 26.3 Å². The van der Waals surface area contributed by atoms with Gasteiger partial charge in [-0.05, 0) is 79.6 Å². The smallest absolute Gasteiger partial charge is 0.403 e. The normalized spacial score (nSPS) is 16.2. The van der Waals surface area contributed by atoms with E-state index >= 15 is 0 Å². The predicted octanol–water partition coefficient (Wildman–Crippen LogP) is 5.90. The Labute approximate surface area is 268 Å². The summed E-state index contributed by atoms with van der Waals surface area (Å²) in [6.45, 7) is -2.03. The molecule has 3 aromatic carbocycles. The van der Waals surface area contributed by atoms with Crippen molar-refractivity contribution in [3.63, 3.8) is 0 Å². The summed E-state index contributed by atoms with van der Waals surface area (Å²) >= 11 is 0. The van der Waals surface area contributed by atoms with E-state index in [2.05, 4.69) is 5.32 Å². The second kappa shape index (κ2) is 14.0. The Morgan fingerprint density at radius 1 is 0.957 bits per heavy atom. The van der Waals surface area contributed by atoms with Crippen LogP contribution in [0.25, 0.3) is 21.9 Å². The molecule has 14 heteroatoms. The second-order valence-electron chi connectivity index (χ2n) is 12.0. The summed E-state index contributed by atoms with van der Waals surface area (Å²) in [5.41, 5.74) is -0.295. The molecule has 47 heavy (non-hydrogen) atoms. The van der Waals surface area contributed by atoms with Crippen LogP contribution in [0.4, 0.5) is 26.3 Å². The maximum atomic E-state index is 14.3. The highest BCUT2D eigenvalue weighted by atomic mass is 19.4. The highest BCUT2D eigenvalue weighted by Crippen LogP contribution is 2.47. The van der Waals surface area contributed by atoms with Gasteiger partial charge in [0.25, 0.3) is 0 Å². The van der Waals surface area contributed by atoms with E-state index in [0.29, 0.717) is 45.5 Å². The fraction of sp³-hybridized carbons (Fsp3) is 0.455. The van der Waals surface area contributed by atoms with Gasteiger partial charge in [-0.1, -0.05) is 36.4 Å². The van der Waals surface area contributed by atoms with Crippen molar-refractivity contribution in [3.8, 4) is 22.6 Å². The lowest BCUT2D eigenvalue weighted by atomic mass is 9.76. The number of piperidine rings is 1. The average Bonchev–Trinajstić information content (AvgIpc) is 2.98. The van der Waals surface area contributed by atoms with Crippen molar-refractivity contribution in [2.24, 2.45) is 5.41 Å². The lowest BCUT2D eigenvalue weighted by Gasteiger charge is -2.42. The number of halogens is 6. The zero-order valence-electron chi connectivity index (χ0n) is 26.4. The first-order valence-corrected chi connectivity index (χ1v) is 14.8. The molecule has 1 aliphatic heterocycles. The van der Waals surface area contributed by atoms with Crippen LogP contribution in [-0.4, -0.2) is 93.1 Å². The highest BCUT2D eigenvalue weighted by molar-refractivity contribution is 6.01. The SMILES string of the molecule is COc1cc(CN(C)C)cc(OC)c1-c1cccc2c(C[C@H](NC(=O)C3(C(F)(F)F)CCN(CC(F)(F)F)CC3)C(=O)O)cccc12. The van der Waals surface area contributed by atoms with Crippen LogP contribution < -0.4 is 14.8 Å². The van der Waals surface area contributed by atoms with Crippen LogP contribution in [0.5, 0.6) is 11.5 Å². The molecular weight excluding hydrogens is 632 g/mol. The Morgan fingerprint density at radius 3 is 2.04 bits per heavy atom. The minimum absolute atomic E-state index is 0.355. The van der Waals surface area contributed by atoms with E-state index in [1.165, 1.54) is 14.2 Å². The fourth-order valence-corrected chi connectivity index (χ4v) is 6.16. The number of fused-ring (bicyclic) bond motifs is 1. The average molecular weight is 670 g/mol. The third kappa shape index (κ3) is 7.92. The van der Waals surface area contributed by atoms with Crippen molar-refractivity contribution in [1.82, 2.24) is 15.1 Å². The molecule has 0 aliphatic carbocycles. The van der Waals surface area contributed by atoms with Crippen LogP contribution in [0, 0.1) is 5.41 Å². The Morgan fingerprint density at radius 2 is 1.53 bits per heavy atom. The van der Waals surface area contributed by atoms with Gasteiger partial charge in [-0.3, -0.25) is 9.69 Å². The number of amides is 1. The monoisotopic (exact) mass is 669 g/mol. The van der Waals surface area contributed by atoms with Gasteiger partial charge in [0.15, 0.2) is 0 Å². The molecule has 1 atom stereocenters. The van der Waals surface area contributed by atoms with Crippen LogP contribution >= 0.6 is 0 Å². The van der Waals surface area contributed by atoms with Gasteiger partial charge < -0.3 is 24.8 Å². The van der Waals surface area contributed by atoms with Gasteiger partial charge in [0, 0.05) is 13.0 Å². The molecule has 1 amide bonds. The number of carboxylic acids is 1. The molecule has 1 aliphatic rings. The van der Waals surface area contributed by atoms with Crippen molar-refractivity contribution in [2.45, 2.75) is 44.2 Å². The Kier molecular flexibility index (Phi) is 10.7. The minimum atomic E-state index is -5.11. The molecule has 0 spiro atoms. The van der Waals surface area contributed by atoms with Crippen molar-refractivity contribution in [3.05, 3.63) is 59.7 Å². The Balaban J connectivity index is 1.67. The quantitative estimate of drug-likeness (QED) is 0.246. The second-order valence-corrected chi connectivity index (χ2v) is 12.0. The molecule has 1 saturated heterocycles. The van der Waals surface area contributed by atoms with E-state index in [1.54, 1.807) is 24.3 Å². The highest BCUT2D eigenvalue weighted by Gasteiger charge is 2.61. The van der Waals surface area contributed by atoms with Gasteiger partial charge in [-0.25, -0.2) is 4.79 Å². The number of methoxy groups -OCH3 is 2. The third-order valence-electron chi connectivity index (χ3n) is 8.46. The number of hydrogen-bond acceptors (Lipinski definition) is 6. The number of nitrogens with one attached hydrogen (secondary N) is 1. The summed E-state index contributed by atoms with van der Waals surface area (Å²) in [4.78, 5) is 28.3. The maximum absolute atomic E-state index is 14.3. The van der Waals surface area contributed by atoms with Crippen molar-refractivity contribution >= 4 is 22.6 Å². The lowest BCUT2D eigenvalue weighted by Crippen LogP contribution is -2.59. The lowest BCUT2D eigenvalue weighted by molar-refractivity contribution is -0.236. The number of rotatable bonds is 11. The van der Waals surface area contributed by atoms with Crippen LogP contribution in [0.15, 0.2) is 48.5 Å². The van der Waals surface area contributed by atoms with Crippen LogP contribution in [0.3, 0.4) is 0 Å². The summed E-state index contributed by atoms with van der Waals surface area (Å²) in [5, 5.41) is 13.4. The van der Waals surface area contributed by atoms with E-state index < -0.39 is 68.2 Å². The molecule has 0 saturated carbocycles. The molecule has 256 valence electrons. The Bertz CT molecular complexity index is 1570. The summed E-state index contributed by atoms with van der Waals surface area (Å²) in [7, 11) is 6.91. The van der Waals surface area contributed by atoms with Gasteiger partial charge in [0.1, 0.15) is 23.0 Å². The first-order valence-electron chi connectivity index (χ1n) is 14.8. The first kappa shape index (κ1) is 35.8. The van der Waals surface area contributed by atoms with Crippen LogP contribution in [0.2, 0.25) is 0 Å². The molecule has 2 N–H and O–H groups in total. The van der Waals surface area contributed by atoms with E-state index in [4.69, 9.17) is 9.47 Å². The van der Waals surface area contributed by atoms with Gasteiger partial charge in [0.05, 0.1) is 26.3 Å². The van der Waals surface area contributed by atoms with E-state index in [-0.39, 0.29) is 6.42 Å². The molecular formula is C33H37F6N3O5. The molecule has 1 fully saturated rings. The molecule has 0 radical (unpaired) electrons. The van der Waals surface area contributed by atoms with Gasteiger partial charge in [-0.15, -0.1) is 0 Å². The molecule has 1 heterocycles. The van der Waals surface area contributed by atoms with Crippen molar-refractivity contribution < 1.29 is 50.5 Å². The van der Waals surface area contributed by atoms with E-state index in [1.807, 2.05) is 43.3 Å². The zero-order chi connectivity index (χ0) is 34.7. The largest absolute Gasteiger partial charge is 0.496 e. The topological polar surface area (TPSA) is 91.3 Å². The number of ether oxygens (including phenoxy) is 2. The van der Waals surface area contributed by atoms with E-state index in [9.17, 15) is 41.0 Å². The molecule has 0 unspecified atom stereocenters. The maximum Gasteiger partial charge on any atom is 0.403 e. The van der Waals surface area contributed by atoms with Crippen molar-refractivity contribution in [1.29, 1.82) is 0 Å². The standard InChI is InChI=1S/C33H37F6N3O5/c1-41(2)18-20-15-26(46-3)28(27(16-20)47-4)24-10-6-8-22-21(7-5-9-23(22)24)17-25(29(43)44)40-30(45)31(33(37,38)39)11-13-42(14-12-31)19-32(34,35)36/h5-10,15-16,25H,11-14,17-19H2,1-4H3,(H,40,45)(H,43,44)/t25-/m0/s1. The minimum Gasteiger partial charge on any atom is -0.496 e. The number of carbonyl (C=O) groups excluding carboxylic acids is 1. The molecule has 8 nitrogen and oxygen atoms in total. The number of carboxylic acid groups (broad SMARTS) is 1. The Hall–Kier alpha value is -4.04. The number of nitrogens with zero attached hydrogens (tertiary/aromatic N) is 2. The summed E-state index contributed by atoms with van der Waals surface area (Å²) in [6, 6.07) is 12.5. The van der Waals surface area contributed by atoms with Gasteiger partial charge >= 0.3 is 18.3 Å². The number of carbonyl (C=O) groups is 2. The summed E-state index contributed by atoms with van der Waals surface area (Å²) in [5.74, 6) is -2.06. The molecule has 3 aromatic rings. The zero-order valence-corrected chi connectivity index (χ0v) is 26.4. The third-order valence-corrected chi connectivity index (χ3v) is 8.46. The first-order chi connectivity index (χ1) is 22.0. The summed E-state index contributed by atoms with van der Waals surface area (Å²) in [6.07, 6.45) is -11.9. The number of likely N-dealkylation sites (tertiary alicyclic amines) is 1. The van der Waals surface area contributed by atoms with Gasteiger partial charge in [0.2, 0.25) is 5.91 Å². The summed E-state index contributed by atoms with van der Waals surface area (Å²) < 4.78 is 93.0. The predicted molar refractivity (Wildman–Crippen MR) is 163 cm³/mol. The van der Waals surface area contributed by atoms with E-state index in [0.717, 1.165) is 10.5 Å². The molecule has 4 rings (SSSR count). The molecule has 0 bridgehead atoms. The number of benzene rings is 3. The number of alkyl halides is 6. The fourth-order valence-electron chi connectivity index (χ4n) is 6.16. The molecule has 0 aromatic heterocycles. The number of hydrogen-bond donors (Lipinski definition) is 2. The van der Waals surface area contributed by atoms with Crippen LogP contribution in [0.1, 0.15) is 24.0 Å². The van der Waals surface area contributed by atoms with Crippen LogP contribution in [-0.2, 0) is 22.6 Å².